The van der Waals surface area contributed by atoms with Crippen molar-refractivity contribution in [1.82, 2.24) is 31.1 Å². The number of hydrogen-bond donors (Lipinski definition) is 4. The van der Waals surface area contributed by atoms with Crippen LogP contribution in [0.1, 0.15) is 54.9 Å². The van der Waals surface area contributed by atoms with Crippen LogP contribution in [0.25, 0.3) is 0 Å². The lowest BCUT2D eigenvalue weighted by Crippen LogP contribution is -2.45. The van der Waals surface area contributed by atoms with Gasteiger partial charge in [-0.2, -0.15) is 0 Å². The van der Waals surface area contributed by atoms with E-state index in [4.69, 9.17) is 4.79 Å². The standard InChI is InChI=1S/C20H42N6O3.C2H4O.C2H6/c1-6-19(28)23-9-13-26(14-10-24-20(29)17(2)3)16-15-25(11-7-21-5)12-8-22-18(4)27;1-2-3;1-2/h17,21H,6-16H2,1-5H3,(H,22,27)(H,23,28)(H,24,29);2H,1H3;1-2H3. The molecule has 0 radical (unpaired) electrons. The van der Waals surface area contributed by atoms with Crippen LogP contribution in [0.3, 0.4) is 0 Å². The van der Waals surface area contributed by atoms with Crippen molar-refractivity contribution in [3.63, 3.8) is 0 Å². The van der Waals surface area contributed by atoms with Gasteiger partial charge in [0.05, 0.1) is 0 Å². The lowest BCUT2D eigenvalue weighted by molar-refractivity contribution is -0.124. The zero-order chi connectivity index (χ0) is 26.8. The fraction of sp³-hybridized carbons (Fsp3) is 0.833. The predicted octanol–water partition coefficient (Wildman–Crippen LogP) is 0.476. The highest BCUT2D eigenvalue weighted by Gasteiger charge is 2.12. The first-order chi connectivity index (χ1) is 16.2. The molecule has 0 aromatic carbocycles. The van der Waals surface area contributed by atoms with Gasteiger partial charge in [0.1, 0.15) is 6.29 Å². The SMILES string of the molecule is CC.CC=O.CCC(=O)NCCN(CCNC(=O)C(C)C)CCN(CCNC)CCNC(C)=O. The van der Waals surface area contributed by atoms with Crippen molar-refractivity contribution in [2.24, 2.45) is 5.92 Å². The molecule has 0 unspecified atom stereocenters. The molecular weight excluding hydrogens is 436 g/mol. The number of carbonyl (C=O) groups excluding carboxylic acids is 4. The lowest BCUT2D eigenvalue weighted by atomic mass is 10.2. The lowest BCUT2D eigenvalue weighted by Gasteiger charge is -2.28. The average molecular weight is 489 g/mol. The Bertz CT molecular complexity index is 518. The molecule has 0 rings (SSSR count). The minimum atomic E-state index is -0.0295. The molecule has 0 atom stereocenters. The summed E-state index contributed by atoms with van der Waals surface area (Å²) < 4.78 is 0. The van der Waals surface area contributed by atoms with Crippen molar-refractivity contribution in [1.29, 1.82) is 0 Å². The quantitative estimate of drug-likeness (QED) is 0.220. The van der Waals surface area contributed by atoms with Gasteiger partial charge in [-0.1, -0.05) is 34.6 Å². The molecule has 0 aliphatic carbocycles. The molecule has 10 nitrogen and oxygen atoms in total. The minimum absolute atomic E-state index is 0.0206. The number of nitrogens with zero attached hydrogens (tertiary/aromatic N) is 2. The summed E-state index contributed by atoms with van der Waals surface area (Å²) in [5, 5.41) is 11.9. The number of hydrogen-bond acceptors (Lipinski definition) is 7. The largest absolute Gasteiger partial charge is 0.355 e. The second-order valence-corrected chi connectivity index (χ2v) is 7.65. The number of rotatable bonds is 17. The van der Waals surface area contributed by atoms with Crippen LogP contribution in [-0.2, 0) is 19.2 Å². The first-order valence-corrected chi connectivity index (χ1v) is 12.5. The zero-order valence-electron chi connectivity index (χ0n) is 23.0. The highest BCUT2D eigenvalue weighted by atomic mass is 16.2. The maximum atomic E-state index is 11.8. The number of aldehydes is 1. The van der Waals surface area contributed by atoms with Gasteiger partial charge < -0.3 is 26.1 Å². The van der Waals surface area contributed by atoms with Crippen LogP contribution < -0.4 is 21.3 Å². The van der Waals surface area contributed by atoms with Crippen molar-refractivity contribution in [2.75, 3.05) is 72.5 Å². The van der Waals surface area contributed by atoms with E-state index in [9.17, 15) is 14.4 Å². The van der Waals surface area contributed by atoms with Gasteiger partial charge in [-0.15, -0.1) is 0 Å². The van der Waals surface area contributed by atoms with E-state index in [1.165, 1.54) is 13.8 Å². The Labute approximate surface area is 208 Å². The Balaban J connectivity index is -0.00000177. The summed E-state index contributed by atoms with van der Waals surface area (Å²) in [6, 6.07) is 0. The molecule has 0 spiro atoms. The van der Waals surface area contributed by atoms with Gasteiger partial charge in [0, 0.05) is 84.7 Å². The molecule has 0 fully saturated rings. The van der Waals surface area contributed by atoms with Crippen LogP contribution in [0, 0.1) is 5.92 Å². The van der Waals surface area contributed by atoms with E-state index in [1.54, 1.807) is 0 Å². The van der Waals surface area contributed by atoms with E-state index in [-0.39, 0.29) is 23.6 Å². The fourth-order valence-corrected chi connectivity index (χ4v) is 2.63. The topological polar surface area (TPSA) is 123 Å². The highest BCUT2D eigenvalue weighted by molar-refractivity contribution is 5.77. The van der Waals surface area contributed by atoms with Crippen LogP contribution in [0.15, 0.2) is 0 Å². The van der Waals surface area contributed by atoms with Crippen LogP contribution in [0.4, 0.5) is 0 Å². The van der Waals surface area contributed by atoms with Crippen molar-refractivity contribution in [2.45, 2.75) is 54.9 Å². The summed E-state index contributed by atoms with van der Waals surface area (Å²) in [4.78, 5) is 47.7. The van der Waals surface area contributed by atoms with E-state index >= 15 is 0 Å². The van der Waals surface area contributed by atoms with E-state index in [1.807, 2.05) is 41.7 Å². The molecule has 0 aromatic heterocycles. The molecule has 0 aliphatic heterocycles. The molecule has 34 heavy (non-hydrogen) atoms. The van der Waals surface area contributed by atoms with Crippen LogP contribution in [0.2, 0.25) is 0 Å². The van der Waals surface area contributed by atoms with E-state index < -0.39 is 0 Å². The first-order valence-electron chi connectivity index (χ1n) is 12.5. The fourth-order valence-electron chi connectivity index (χ4n) is 2.63. The molecule has 0 bridgehead atoms. The van der Waals surface area contributed by atoms with Gasteiger partial charge in [-0.3, -0.25) is 24.2 Å². The summed E-state index contributed by atoms with van der Waals surface area (Å²) in [5.41, 5.74) is 0. The maximum Gasteiger partial charge on any atom is 0.222 e. The molecule has 0 saturated carbocycles. The van der Waals surface area contributed by atoms with Gasteiger partial charge in [0.2, 0.25) is 17.7 Å². The number of carbonyl (C=O) groups is 4. The van der Waals surface area contributed by atoms with E-state index in [0.29, 0.717) is 26.1 Å². The summed E-state index contributed by atoms with van der Waals surface area (Å²) in [6.07, 6.45) is 1.23. The molecule has 0 aliphatic rings. The highest BCUT2D eigenvalue weighted by Crippen LogP contribution is 1.94. The van der Waals surface area contributed by atoms with Crippen molar-refractivity contribution in [3.8, 4) is 0 Å². The summed E-state index contributed by atoms with van der Waals surface area (Å²) in [6.45, 7) is 20.0. The Morgan fingerprint density at radius 3 is 1.59 bits per heavy atom. The molecule has 10 heteroatoms. The minimum Gasteiger partial charge on any atom is -0.355 e. The number of nitrogens with one attached hydrogen (secondary N) is 4. The normalized spacial score (nSPS) is 10.1. The summed E-state index contributed by atoms with van der Waals surface area (Å²) in [7, 11) is 1.92. The monoisotopic (exact) mass is 488 g/mol. The van der Waals surface area contributed by atoms with Crippen LogP contribution in [0.5, 0.6) is 0 Å². The Morgan fingerprint density at radius 1 is 0.794 bits per heavy atom. The maximum absolute atomic E-state index is 11.8. The number of amides is 3. The number of likely N-dealkylation sites (N-methyl/N-ethyl adjacent to an activating group) is 1. The van der Waals surface area contributed by atoms with Gasteiger partial charge in [-0.25, -0.2) is 0 Å². The molecule has 3 amide bonds. The molecule has 202 valence electrons. The Hall–Kier alpha value is -2.04. The first kappa shape index (κ1) is 36.5. The van der Waals surface area contributed by atoms with Crippen molar-refractivity contribution in [3.05, 3.63) is 0 Å². The third kappa shape index (κ3) is 26.2. The summed E-state index contributed by atoms with van der Waals surface area (Å²) in [5.74, 6) is 0.0464. The Kier molecular flexibility index (Phi) is 29.2. The smallest absolute Gasteiger partial charge is 0.222 e. The van der Waals surface area contributed by atoms with Crippen LogP contribution in [-0.4, -0.2) is 106 Å². The van der Waals surface area contributed by atoms with Gasteiger partial charge >= 0.3 is 0 Å². The predicted molar refractivity (Wildman–Crippen MR) is 140 cm³/mol. The third-order valence-corrected chi connectivity index (χ3v) is 4.54. The van der Waals surface area contributed by atoms with Gasteiger partial charge in [0.15, 0.2) is 0 Å². The van der Waals surface area contributed by atoms with Crippen molar-refractivity contribution >= 4 is 24.0 Å². The second-order valence-electron chi connectivity index (χ2n) is 7.65. The van der Waals surface area contributed by atoms with E-state index in [2.05, 4.69) is 31.1 Å². The van der Waals surface area contributed by atoms with Gasteiger partial charge in [-0.05, 0) is 14.0 Å². The molecule has 0 saturated heterocycles. The van der Waals surface area contributed by atoms with E-state index in [0.717, 1.165) is 52.1 Å². The molecule has 0 heterocycles. The zero-order valence-corrected chi connectivity index (χ0v) is 23.0. The van der Waals surface area contributed by atoms with Gasteiger partial charge in [0.25, 0.3) is 0 Å². The molecule has 4 N–H and O–H groups in total. The molecule has 0 aromatic rings. The average Bonchev–Trinajstić information content (AvgIpc) is 2.81. The summed E-state index contributed by atoms with van der Waals surface area (Å²) >= 11 is 0. The van der Waals surface area contributed by atoms with Crippen molar-refractivity contribution < 1.29 is 19.2 Å². The second kappa shape index (κ2) is 27.2. The Morgan fingerprint density at radius 2 is 1.21 bits per heavy atom. The van der Waals surface area contributed by atoms with Crippen LogP contribution >= 0.6 is 0 Å². The third-order valence-electron chi connectivity index (χ3n) is 4.54. The molecular formula is C24H52N6O4.